The molecular weight excluding hydrogens is 208 g/mol. The number of rotatable bonds is 5. The smallest absolute Gasteiger partial charge is 0.147 e. The lowest BCUT2D eigenvalue weighted by Gasteiger charge is -2.27. The highest BCUT2D eigenvalue weighted by Crippen LogP contribution is 2.31. The van der Waals surface area contributed by atoms with Crippen molar-refractivity contribution in [3.63, 3.8) is 0 Å². The summed E-state index contributed by atoms with van der Waals surface area (Å²) in [5, 5.41) is 0.490. The fraction of sp³-hybridized carbons (Fsp3) is 0.667. The number of halogens is 1. The molecule has 0 aromatic carbocycles. The molecule has 84 valence electrons. The van der Waals surface area contributed by atoms with Crippen LogP contribution in [-0.4, -0.2) is 9.97 Å². The molecule has 0 N–H and O–H groups in total. The van der Waals surface area contributed by atoms with Crippen molar-refractivity contribution in [2.24, 2.45) is 0 Å². The van der Waals surface area contributed by atoms with Crippen LogP contribution in [0.4, 0.5) is 0 Å². The van der Waals surface area contributed by atoms with Crippen LogP contribution in [0.3, 0.4) is 0 Å². The Labute approximate surface area is 97.1 Å². The van der Waals surface area contributed by atoms with Gasteiger partial charge in [-0.3, -0.25) is 4.98 Å². The standard InChI is InChI=1S/C12H19ClN2/c1-4-6-7-12(3,5-2)10-8-14-9-11(13)15-10/h8-9H,4-7H2,1-3H3. The van der Waals surface area contributed by atoms with Gasteiger partial charge in [0, 0.05) is 11.6 Å². The molecule has 0 saturated heterocycles. The summed E-state index contributed by atoms with van der Waals surface area (Å²) in [4.78, 5) is 8.48. The van der Waals surface area contributed by atoms with Crippen LogP contribution in [0.2, 0.25) is 5.15 Å². The van der Waals surface area contributed by atoms with Gasteiger partial charge in [-0.25, -0.2) is 4.98 Å². The Kier molecular flexibility index (Phi) is 4.52. The summed E-state index contributed by atoms with van der Waals surface area (Å²) in [6.45, 7) is 6.64. The molecule has 1 aromatic rings. The first-order valence-electron chi connectivity index (χ1n) is 5.60. The number of unbranched alkanes of at least 4 members (excludes halogenated alkanes) is 1. The molecule has 1 atom stereocenters. The van der Waals surface area contributed by atoms with Crippen molar-refractivity contribution in [3.8, 4) is 0 Å². The van der Waals surface area contributed by atoms with Gasteiger partial charge in [-0.2, -0.15) is 0 Å². The summed E-state index contributed by atoms with van der Waals surface area (Å²) in [6, 6.07) is 0. The van der Waals surface area contributed by atoms with Gasteiger partial charge in [0.2, 0.25) is 0 Å². The second kappa shape index (κ2) is 5.45. The molecule has 2 nitrogen and oxygen atoms in total. The van der Waals surface area contributed by atoms with Crippen LogP contribution in [0.15, 0.2) is 12.4 Å². The average Bonchev–Trinajstić information content (AvgIpc) is 2.26. The number of hydrogen-bond acceptors (Lipinski definition) is 2. The average molecular weight is 227 g/mol. The SMILES string of the molecule is CCCCC(C)(CC)c1cncc(Cl)n1. The third-order valence-electron chi connectivity index (χ3n) is 3.09. The predicted octanol–water partition coefficient (Wildman–Crippen LogP) is 3.99. The summed E-state index contributed by atoms with van der Waals surface area (Å²) < 4.78 is 0. The molecular formula is C12H19ClN2. The van der Waals surface area contributed by atoms with E-state index < -0.39 is 0 Å². The molecule has 0 radical (unpaired) electrons. The molecule has 3 heteroatoms. The van der Waals surface area contributed by atoms with Crippen LogP contribution < -0.4 is 0 Å². The minimum absolute atomic E-state index is 0.119. The Morgan fingerprint density at radius 3 is 2.60 bits per heavy atom. The second-order valence-electron chi connectivity index (χ2n) is 4.24. The van der Waals surface area contributed by atoms with Crippen molar-refractivity contribution in [1.82, 2.24) is 9.97 Å². The molecule has 1 heterocycles. The van der Waals surface area contributed by atoms with E-state index in [2.05, 4.69) is 30.7 Å². The molecule has 0 saturated carbocycles. The van der Waals surface area contributed by atoms with E-state index in [0.717, 1.165) is 18.5 Å². The summed E-state index contributed by atoms with van der Waals surface area (Å²) in [7, 11) is 0. The van der Waals surface area contributed by atoms with Gasteiger partial charge in [-0.05, 0) is 12.8 Å². The lowest BCUT2D eigenvalue weighted by molar-refractivity contribution is 0.391. The van der Waals surface area contributed by atoms with E-state index in [0.29, 0.717) is 5.15 Å². The minimum Gasteiger partial charge on any atom is -0.260 e. The molecule has 0 amide bonds. The third kappa shape index (κ3) is 3.16. The predicted molar refractivity (Wildman–Crippen MR) is 64.2 cm³/mol. The molecule has 0 aliphatic carbocycles. The van der Waals surface area contributed by atoms with Gasteiger partial charge in [0.1, 0.15) is 5.15 Å². The molecule has 1 rings (SSSR count). The number of nitrogens with zero attached hydrogens (tertiary/aromatic N) is 2. The van der Waals surface area contributed by atoms with Crippen molar-refractivity contribution in [1.29, 1.82) is 0 Å². The summed E-state index contributed by atoms with van der Waals surface area (Å²) >= 11 is 5.87. The Morgan fingerprint density at radius 1 is 1.33 bits per heavy atom. The van der Waals surface area contributed by atoms with Crippen molar-refractivity contribution < 1.29 is 0 Å². The highest BCUT2D eigenvalue weighted by Gasteiger charge is 2.25. The van der Waals surface area contributed by atoms with Gasteiger partial charge in [0.05, 0.1) is 11.9 Å². The van der Waals surface area contributed by atoms with Gasteiger partial charge in [-0.15, -0.1) is 0 Å². The molecule has 15 heavy (non-hydrogen) atoms. The van der Waals surface area contributed by atoms with E-state index in [4.69, 9.17) is 11.6 Å². The monoisotopic (exact) mass is 226 g/mol. The maximum atomic E-state index is 5.87. The van der Waals surface area contributed by atoms with Gasteiger partial charge < -0.3 is 0 Å². The van der Waals surface area contributed by atoms with Crippen molar-refractivity contribution in [2.75, 3.05) is 0 Å². The Morgan fingerprint density at radius 2 is 2.07 bits per heavy atom. The highest BCUT2D eigenvalue weighted by atomic mass is 35.5. The van der Waals surface area contributed by atoms with E-state index in [-0.39, 0.29) is 5.41 Å². The molecule has 1 unspecified atom stereocenters. The van der Waals surface area contributed by atoms with Gasteiger partial charge in [0.25, 0.3) is 0 Å². The minimum atomic E-state index is 0.119. The maximum absolute atomic E-state index is 5.87. The fourth-order valence-electron chi connectivity index (χ4n) is 1.69. The largest absolute Gasteiger partial charge is 0.260 e. The lowest BCUT2D eigenvalue weighted by atomic mass is 9.79. The Balaban J connectivity index is 2.89. The van der Waals surface area contributed by atoms with Crippen LogP contribution in [0.1, 0.15) is 52.1 Å². The van der Waals surface area contributed by atoms with Crippen LogP contribution >= 0.6 is 11.6 Å². The van der Waals surface area contributed by atoms with E-state index >= 15 is 0 Å². The zero-order valence-corrected chi connectivity index (χ0v) is 10.5. The van der Waals surface area contributed by atoms with Crippen LogP contribution in [0.5, 0.6) is 0 Å². The second-order valence-corrected chi connectivity index (χ2v) is 4.63. The highest BCUT2D eigenvalue weighted by molar-refractivity contribution is 6.29. The fourth-order valence-corrected chi connectivity index (χ4v) is 1.83. The number of hydrogen-bond donors (Lipinski definition) is 0. The van der Waals surface area contributed by atoms with Gasteiger partial charge in [0.15, 0.2) is 0 Å². The Bertz CT molecular complexity index is 314. The van der Waals surface area contributed by atoms with Crippen molar-refractivity contribution >= 4 is 11.6 Å². The first-order chi connectivity index (χ1) is 7.12. The van der Waals surface area contributed by atoms with Crippen molar-refractivity contribution in [3.05, 3.63) is 23.2 Å². The Hall–Kier alpha value is -0.630. The van der Waals surface area contributed by atoms with Gasteiger partial charge in [-0.1, -0.05) is 45.2 Å². The molecule has 0 spiro atoms. The molecule has 0 aliphatic heterocycles. The third-order valence-corrected chi connectivity index (χ3v) is 3.27. The zero-order valence-electron chi connectivity index (χ0n) is 9.76. The van der Waals surface area contributed by atoms with E-state index in [1.807, 2.05) is 6.20 Å². The van der Waals surface area contributed by atoms with E-state index in [1.54, 1.807) is 6.20 Å². The van der Waals surface area contributed by atoms with E-state index in [9.17, 15) is 0 Å². The first kappa shape index (κ1) is 12.4. The maximum Gasteiger partial charge on any atom is 0.147 e. The van der Waals surface area contributed by atoms with Crippen molar-refractivity contribution in [2.45, 2.75) is 51.9 Å². The van der Waals surface area contributed by atoms with Gasteiger partial charge >= 0.3 is 0 Å². The van der Waals surface area contributed by atoms with Crippen LogP contribution in [0.25, 0.3) is 0 Å². The summed E-state index contributed by atoms with van der Waals surface area (Å²) in [5.74, 6) is 0. The number of aromatic nitrogens is 2. The molecule has 0 fully saturated rings. The zero-order chi connectivity index (χ0) is 11.3. The quantitative estimate of drug-likeness (QED) is 0.759. The first-order valence-corrected chi connectivity index (χ1v) is 5.98. The molecule has 0 aliphatic rings. The van der Waals surface area contributed by atoms with Crippen LogP contribution in [-0.2, 0) is 5.41 Å². The summed E-state index contributed by atoms with van der Waals surface area (Å²) in [5.41, 5.74) is 1.14. The van der Waals surface area contributed by atoms with Crippen LogP contribution in [0, 0.1) is 0 Å². The topological polar surface area (TPSA) is 25.8 Å². The van der Waals surface area contributed by atoms with E-state index in [1.165, 1.54) is 12.8 Å². The normalized spacial score (nSPS) is 14.9. The summed E-state index contributed by atoms with van der Waals surface area (Å²) in [6.07, 6.45) is 8.07. The molecule has 1 aromatic heterocycles. The molecule has 0 bridgehead atoms. The lowest BCUT2D eigenvalue weighted by Crippen LogP contribution is -2.22.